The molecule has 2 heterocycles. The average molecular weight is 331 g/mol. The van der Waals surface area contributed by atoms with Gasteiger partial charge in [-0.15, -0.1) is 0 Å². The average Bonchev–Trinajstić information content (AvgIpc) is 3.00. The van der Waals surface area contributed by atoms with Crippen LogP contribution < -0.4 is 10.2 Å². The van der Waals surface area contributed by atoms with Crippen LogP contribution in [0, 0.1) is 5.82 Å². The van der Waals surface area contributed by atoms with E-state index in [1.807, 2.05) is 14.0 Å². The van der Waals surface area contributed by atoms with Crippen molar-refractivity contribution in [2.24, 2.45) is 7.05 Å². The Morgan fingerprint density at radius 3 is 2.46 bits per heavy atom. The van der Waals surface area contributed by atoms with E-state index in [0.29, 0.717) is 5.69 Å². The highest BCUT2D eigenvalue weighted by atomic mass is 19.1. The van der Waals surface area contributed by atoms with Crippen LogP contribution in [0.2, 0.25) is 0 Å². The van der Waals surface area contributed by atoms with Crippen LogP contribution >= 0.6 is 0 Å². The maximum atomic E-state index is 13.0. The van der Waals surface area contributed by atoms with Crippen LogP contribution in [0.3, 0.4) is 0 Å². The fourth-order valence-electron chi connectivity index (χ4n) is 2.92. The number of halogens is 1. The topological polar surface area (TPSA) is 53.4 Å². The Labute approximate surface area is 140 Å². The first kappa shape index (κ1) is 16.4. The fourth-order valence-corrected chi connectivity index (χ4v) is 2.92. The maximum absolute atomic E-state index is 13.0. The first-order chi connectivity index (χ1) is 11.5. The summed E-state index contributed by atoms with van der Waals surface area (Å²) in [5.41, 5.74) is 1.72. The summed E-state index contributed by atoms with van der Waals surface area (Å²) >= 11 is 0. The van der Waals surface area contributed by atoms with Gasteiger partial charge in [0.2, 0.25) is 5.91 Å². The SMILES string of the molecule is CC(C(=O)Nc1cnn(C)c1)N1CCN(c2ccc(F)cc2)CC1. The van der Waals surface area contributed by atoms with Crippen molar-refractivity contribution in [3.8, 4) is 0 Å². The van der Waals surface area contributed by atoms with Crippen molar-refractivity contribution in [3.05, 3.63) is 42.5 Å². The molecule has 6 nitrogen and oxygen atoms in total. The van der Waals surface area contributed by atoms with Crippen molar-refractivity contribution in [1.82, 2.24) is 14.7 Å². The lowest BCUT2D eigenvalue weighted by molar-refractivity contribution is -0.120. The number of rotatable bonds is 4. The second-order valence-electron chi connectivity index (χ2n) is 6.07. The lowest BCUT2D eigenvalue weighted by Gasteiger charge is -2.38. The molecule has 3 rings (SSSR count). The highest BCUT2D eigenvalue weighted by Crippen LogP contribution is 2.18. The number of benzene rings is 1. The third-order valence-corrected chi connectivity index (χ3v) is 4.41. The van der Waals surface area contributed by atoms with Crippen LogP contribution in [-0.4, -0.2) is 52.8 Å². The molecule has 1 aromatic heterocycles. The zero-order valence-corrected chi connectivity index (χ0v) is 13.9. The molecule has 7 heteroatoms. The minimum absolute atomic E-state index is 0.0294. The normalized spacial score (nSPS) is 16.9. The molecule has 128 valence electrons. The van der Waals surface area contributed by atoms with Gasteiger partial charge in [-0.1, -0.05) is 0 Å². The summed E-state index contributed by atoms with van der Waals surface area (Å²) in [4.78, 5) is 16.7. The monoisotopic (exact) mass is 331 g/mol. The lowest BCUT2D eigenvalue weighted by atomic mass is 10.2. The van der Waals surface area contributed by atoms with Gasteiger partial charge in [-0.2, -0.15) is 5.10 Å². The van der Waals surface area contributed by atoms with Crippen molar-refractivity contribution in [3.63, 3.8) is 0 Å². The highest BCUT2D eigenvalue weighted by Gasteiger charge is 2.25. The standard InChI is InChI=1S/C17H22FN5O/c1-13(17(24)20-15-11-19-21(2)12-15)22-7-9-23(10-8-22)16-5-3-14(18)4-6-16/h3-6,11-13H,7-10H2,1-2H3,(H,20,24). The van der Waals surface area contributed by atoms with E-state index < -0.39 is 0 Å². The number of aromatic nitrogens is 2. The molecule has 1 aliphatic rings. The zero-order valence-electron chi connectivity index (χ0n) is 13.9. The van der Waals surface area contributed by atoms with E-state index >= 15 is 0 Å². The molecule has 1 aliphatic heterocycles. The molecular formula is C17H22FN5O. The largest absolute Gasteiger partial charge is 0.369 e. The molecule has 1 fully saturated rings. The van der Waals surface area contributed by atoms with Crippen LogP contribution in [0.1, 0.15) is 6.92 Å². The van der Waals surface area contributed by atoms with E-state index in [0.717, 1.165) is 31.9 Å². The van der Waals surface area contributed by atoms with Crippen molar-refractivity contribution >= 4 is 17.3 Å². The van der Waals surface area contributed by atoms with Gasteiger partial charge in [0.25, 0.3) is 0 Å². The first-order valence-electron chi connectivity index (χ1n) is 8.07. The van der Waals surface area contributed by atoms with E-state index in [1.165, 1.54) is 12.1 Å². The van der Waals surface area contributed by atoms with E-state index in [1.54, 1.807) is 29.2 Å². The Bertz CT molecular complexity index is 691. The van der Waals surface area contributed by atoms with Crippen LogP contribution in [-0.2, 0) is 11.8 Å². The molecule has 24 heavy (non-hydrogen) atoms. The Morgan fingerprint density at radius 1 is 1.21 bits per heavy atom. The van der Waals surface area contributed by atoms with Gasteiger partial charge in [-0.25, -0.2) is 4.39 Å². The summed E-state index contributed by atoms with van der Waals surface area (Å²) < 4.78 is 14.7. The number of carbonyl (C=O) groups excluding carboxylic acids is 1. The molecule has 0 radical (unpaired) electrons. The van der Waals surface area contributed by atoms with Crippen molar-refractivity contribution < 1.29 is 9.18 Å². The Morgan fingerprint density at radius 2 is 1.88 bits per heavy atom. The Kier molecular flexibility index (Phi) is 4.80. The Hall–Kier alpha value is -2.41. The van der Waals surface area contributed by atoms with Gasteiger partial charge in [0.05, 0.1) is 17.9 Å². The number of amides is 1. The first-order valence-corrected chi connectivity index (χ1v) is 8.07. The summed E-state index contributed by atoms with van der Waals surface area (Å²) in [7, 11) is 1.81. The number of carbonyl (C=O) groups is 1. The molecule has 0 aliphatic carbocycles. The van der Waals surface area contributed by atoms with E-state index in [4.69, 9.17) is 0 Å². The van der Waals surface area contributed by atoms with Gasteiger partial charge in [0, 0.05) is 45.1 Å². The molecule has 0 saturated carbocycles. The molecule has 1 saturated heterocycles. The highest BCUT2D eigenvalue weighted by molar-refractivity contribution is 5.94. The predicted octanol–water partition coefficient (Wildman–Crippen LogP) is 1.71. The van der Waals surface area contributed by atoms with Gasteiger partial charge in [0.1, 0.15) is 5.82 Å². The molecule has 1 unspecified atom stereocenters. The van der Waals surface area contributed by atoms with E-state index in [9.17, 15) is 9.18 Å². The molecule has 1 N–H and O–H groups in total. The summed E-state index contributed by atoms with van der Waals surface area (Å²) in [6.07, 6.45) is 3.41. The summed E-state index contributed by atoms with van der Waals surface area (Å²) in [5, 5.41) is 6.94. The van der Waals surface area contributed by atoms with Crippen LogP contribution in [0.15, 0.2) is 36.7 Å². The van der Waals surface area contributed by atoms with Crippen molar-refractivity contribution in [1.29, 1.82) is 0 Å². The van der Waals surface area contributed by atoms with Gasteiger partial charge in [-0.05, 0) is 31.2 Å². The smallest absolute Gasteiger partial charge is 0.241 e. The second kappa shape index (κ2) is 7.00. The molecule has 0 bridgehead atoms. The zero-order chi connectivity index (χ0) is 17.1. The summed E-state index contributed by atoms with van der Waals surface area (Å²) in [6, 6.07) is 6.34. The molecule has 2 aromatic rings. The van der Waals surface area contributed by atoms with Gasteiger partial charge in [-0.3, -0.25) is 14.4 Å². The third kappa shape index (κ3) is 3.73. The number of piperazine rings is 1. The second-order valence-corrected chi connectivity index (χ2v) is 6.07. The Balaban J connectivity index is 1.53. The number of nitrogens with zero attached hydrogens (tertiary/aromatic N) is 4. The molecule has 0 spiro atoms. The lowest BCUT2D eigenvalue weighted by Crippen LogP contribution is -2.52. The predicted molar refractivity (Wildman–Crippen MR) is 91.5 cm³/mol. The maximum Gasteiger partial charge on any atom is 0.241 e. The van der Waals surface area contributed by atoms with Crippen LogP contribution in [0.5, 0.6) is 0 Å². The number of nitrogens with one attached hydrogen (secondary N) is 1. The number of aryl methyl sites for hydroxylation is 1. The summed E-state index contributed by atoms with van der Waals surface area (Å²) in [5.74, 6) is -0.253. The van der Waals surface area contributed by atoms with Gasteiger partial charge in [0.15, 0.2) is 0 Å². The van der Waals surface area contributed by atoms with E-state index in [-0.39, 0.29) is 17.8 Å². The van der Waals surface area contributed by atoms with Crippen LogP contribution in [0.25, 0.3) is 0 Å². The van der Waals surface area contributed by atoms with Gasteiger partial charge >= 0.3 is 0 Å². The number of hydrogen-bond donors (Lipinski definition) is 1. The van der Waals surface area contributed by atoms with Crippen molar-refractivity contribution in [2.45, 2.75) is 13.0 Å². The van der Waals surface area contributed by atoms with Crippen LogP contribution in [0.4, 0.5) is 15.8 Å². The summed E-state index contributed by atoms with van der Waals surface area (Å²) in [6.45, 7) is 5.13. The number of anilines is 2. The molecule has 1 aromatic carbocycles. The van der Waals surface area contributed by atoms with Crippen molar-refractivity contribution in [2.75, 3.05) is 36.4 Å². The molecule has 1 atom stereocenters. The third-order valence-electron chi connectivity index (χ3n) is 4.41. The minimum Gasteiger partial charge on any atom is -0.369 e. The van der Waals surface area contributed by atoms with E-state index in [2.05, 4.69) is 20.2 Å². The fraction of sp³-hybridized carbons (Fsp3) is 0.412. The number of hydrogen-bond acceptors (Lipinski definition) is 4. The van der Waals surface area contributed by atoms with Gasteiger partial charge < -0.3 is 10.2 Å². The quantitative estimate of drug-likeness (QED) is 0.927. The molecule has 1 amide bonds. The minimum atomic E-state index is -0.224. The molecular weight excluding hydrogens is 309 g/mol.